The van der Waals surface area contributed by atoms with Crippen LogP contribution in [0.4, 0.5) is 5.69 Å². The van der Waals surface area contributed by atoms with Crippen molar-refractivity contribution in [2.75, 3.05) is 19.6 Å². The zero-order chi connectivity index (χ0) is 20.9. The maximum Gasteiger partial charge on any atom is 0.309 e. The summed E-state index contributed by atoms with van der Waals surface area (Å²) in [6.07, 6.45) is 8.78. The lowest BCUT2D eigenvalue weighted by Gasteiger charge is -2.26. The van der Waals surface area contributed by atoms with Gasteiger partial charge in [0, 0.05) is 19.0 Å². The minimum absolute atomic E-state index is 0.0106. The van der Waals surface area contributed by atoms with Gasteiger partial charge in [0.05, 0.1) is 11.5 Å². The number of carbonyl (C=O) groups excluding carboxylic acids is 1. The molecule has 1 aromatic heterocycles. The molecule has 1 amide bonds. The monoisotopic (exact) mass is 395 g/mol. The van der Waals surface area contributed by atoms with Crippen molar-refractivity contribution in [1.82, 2.24) is 20.0 Å². The second kappa shape index (κ2) is 13.3. The quantitative estimate of drug-likeness (QED) is 0.278. The standard InChI is InChI=1S/C20H37N5O3/c1-5-7-9-12-23(13-10-8-6-2)16-17(3)22-20(26)11-14-24-18(4)19(15-21-24)25(27)28/h15,17H,5-14,16H2,1-4H3,(H,22,26)/t17-/m0/s1. The van der Waals surface area contributed by atoms with Gasteiger partial charge in [-0.25, -0.2) is 0 Å². The van der Waals surface area contributed by atoms with E-state index in [4.69, 9.17) is 0 Å². The molecular weight excluding hydrogens is 358 g/mol. The Hall–Kier alpha value is -1.96. The predicted octanol–water partition coefficient (Wildman–Crippen LogP) is 3.68. The first-order valence-electron chi connectivity index (χ1n) is 10.6. The lowest BCUT2D eigenvalue weighted by molar-refractivity contribution is -0.385. The molecule has 8 heteroatoms. The molecule has 0 saturated carbocycles. The number of nitrogens with zero attached hydrogens (tertiary/aromatic N) is 4. The molecule has 0 aliphatic carbocycles. The Kier molecular flexibility index (Phi) is 11.4. The number of aromatic nitrogens is 2. The van der Waals surface area contributed by atoms with Gasteiger partial charge in [0.25, 0.3) is 0 Å². The minimum atomic E-state index is -0.452. The summed E-state index contributed by atoms with van der Waals surface area (Å²) in [5.41, 5.74) is 0.465. The van der Waals surface area contributed by atoms with E-state index in [1.54, 1.807) is 6.92 Å². The first-order valence-corrected chi connectivity index (χ1v) is 10.6. The number of amides is 1. The summed E-state index contributed by atoms with van der Waals surface area (Å²) in [7, 11) is 0. The maximum absolute atomic E-state index is 12.3. The molecule has 0 aromatic carbocycles. The van der Waals surface area contributed by atoms with Crippen LogP contribution in [0, 0.1) is 17.0 Å². The van der Waals surface area contributed by atoms with Crippen LogP contribution in [0.5, 0.6) is 0 Å². The highest BCUT2D eigenvalue weighted by Crippen LogP contribution is 2.16. The van der Waals surface area contributed by atoms with Crippen LogP contribution in [-0.2, 0) is 11.3 Å². The van der Waals surface area contributed by atoms with E-state index in [-0.39, 0.29) is 24.1 Å². The average Bonchev–Trinajstić information content (AvgIpc) is 3.01. The minimum Gasteiger partial charge on any atom is -0.352 e. The Balaban J connectivity index is 2.44. The molecular formula is C20H37N5O3. The smallest absolute Gasteiger partial charge is 0.309 e. The first kappa shape index (κ1) is 24.1. The van der Waals surface area contributed by atoms with Crippen LogP contribution in [0.2, 0.25) is 0 Å². The van der Waals surface area contributed by atoms with Gasteiger partial charge in [-0.1, -0.05) is 39.5 Å². The molecule has 0 aliphatic rings. The van der Waals surface area contributed by atoms with Gasteiger partial charge in [0.2, 0.25) is 5.91 Å². The van der Waals surface area contributed by atoms with Crippen molar-refractivity contribution in [3.05, 3.63) is 22.0 Å². The molecule has 1 heterocycles. The van der Waals surface area contributed by atoms with Gasteiger partial charge in [0.15, 0.2) is 0 Å². The number of hydrogen-bond donors (Lipinski definition) is 1. The van der Waals surface area contributed by atoms with E-state index in [2.05, 4.69) is 29.2 Å². The number of nitrogens with one attached hydrogen (secondary N) is 1. The summed E-state index contributed by atoms with van der Waals surface area (Å²) >= 11 is 0. The van der Waals surface area contributed by atoms with Gasteiger partial charge in [-0.3, -0.25) is 19.6 Å². The third-order valence-electron chi connectivity index (χ3n) is 4.92. The molecule has 0 bridgehead atoms. The number of hydrogen-bond acceptors (Lipinski definition) is 5. The van der Waals surface area contributed by atoms with Crippen molar-refractivity contribution in [3.8, 4) is 0 Å². The molecule has 1 aromatic rings. The molecule has 0 saturated heterocycles. The first-order chi connectivity index (χ1) is 13.4. The fraction of sp³-hybridized carbons (Fsp3) is 0.800. The van der Waals surface area contributed by atoms with E-state index in [9.17, 15) is 14.9 Å². The zero-order valence-electron chi connectivity index (χ0n) is 17.9. The van der Waals surface area contributed by atoms with Crippen molar-refractivity contribution >= 4 is 11.6 Å². The van der Waals surface area contributed by atoms with Crippen LogP contribution < -0.4 is 5.32 Å². The van der Waals surface area contributed by atoms with Crippen LogP contribution in [0.3, 0.4) is 0 Å². The van der Waals surface area contributed by atoms with Crippen LogP contribution in [-0.4, -0.2) is 51.2 Å². The normalized spacial score (nSPS) is 12.3. The van der Waals surface area contributed by atoms with Crippen LogP contribution in [0.1, 0.15) is 71.4 Å². The Morgan fingerprint density at radius 2 is 1.86 bits per heavy atom. The number of carbonyl (C=O) groups is 1. The topological polar surface area (TPSA) is 93.3 Å². The molecule has 28 heavy (non-hydrogen) atoms. The van der Waals surface area contributed by atoms with Crippen LogP contribution >= 0.6 is 0 Å². The van der Waals surface area contributed by atoms with Gasteiger partial charge in [-0.2, -0.15) is 5.10 Å². The molecule has 0 aliphatic heterocycles. The second-order valence-corrected chi connectivity index (χ2v) is 7.53. The fourth-order valence-electron chi connectivity index (χ4n) is 3.29. The van der Waals surface area contributed by atoms with E-state index in [1.807, 2.05) is 6.92 Å². The summed E-state index contributed by atoms with van der Waals surface area (Å²) < 4.78 is 1.52. The third-order valence-corrected chi connectivity index (χ3v) is 4.92. The fourth-order valence-corrected chi connectivity index (χ4v) is 3.29. The van der Waals surface area contributed by atoms with Gasteiger partial charge in [-0.15, -0.1) is 0 Å². The molecule has 0 unspecified atom stereocenters. The summed E-state index contributed by atoms with van der Waals surface area (Å²) in [6, 6.07) is 0.0730. The van der Waals surface area contributed by atoms with Gasteiger partial charge < -0.3 is 10.2 Å². The van der Waals surface area contributed by atoms with Gasteiger partial charge >= 0.3 is 5.69 Å². The van der Waals surface area contributed by atoms with Gasteiger partial charge in [0.1, 0.15) is 11.9 Å². The lowest BCUT2D eigenvalue weighted by Crippen LogP contribution is -2.43. The van der Waals surface area contributed by atoms with E-state index in [0.29, 0.717) is 12.2 Å². The van der Waals surface area contributed by atoms with Crippen molar-refractivity contribution in [3.63, 3.8) is 0 Å². The average molecular weight is 396 g/mol. The molecule has 0 radical (unpaired) electrons. The van der Waals surface area contributed by atoms with Crippen LogP contribution in [0.15, 0.2) is 6.20 Å². The molecule has 8 nitrogen and oxygen atoms in total. The molecule has 1 rings (SSSR count). The third kappa shape index (κ3) is 8.82. The largest absolute Gasteiger partial charge is 0.352 e. The number of aryl methyl sites for hydroxylation is 1. The van der Waals surface area contributed by atoms with E-state index < -0.39 is 4.92 Å². The highest BCUT2D eigenvalue weighted by atomic mass is 16.6. The van der Waals surface area contributed by atoms with Gasteiger partial charge in [-0.05, 0) is 39.8 Å². The Bertz CT molecular complexity index is 593. The van der Waals surface area contributed by atoms with Crippen LogP contribution in [0.25, 0.3) is 0 Å². The summed E-state index contributed by atoms with van der Waals surface area (Å²) in [4.78, 5) is 25.2. The number of nitro groups is 1. The number of unbranched alkanes of at least 4 members (excludes halogenated alkanes) is 4. The molecule has 1 N–H and O–H groups in total. The maximum atomic E-state index is 12.3. The molecule has 1 atom stereocenters. The Labute approximate surface area is 168 Å². The van der Waals surface area contributed by atoms with Crippen molar-refractivity contribution in [2.45, 2.75) is 85.2 Å². The molecule has 0 fully saturated rings. The molecule has 0 spiro atoms. The van der Waals surface area contributed by atoms with E-state index >= 15 is 0 Å². The summed E-state index contributed by atoms with van der Waals surface area (Å²) in [5.74, 6) is -0.0490. The summed E-state index contributed by atoms with van der Waals surface area (Å²) in [5, 5.41) is 17.9. The Morgan fingerprint density at radius 1 is 1.25 bits per heavy atom. The lowest BCUT2D eigenvalue weighted by atomic mass is 10.2. The zero-order valence-corrected chi connectivity index (χ0v) is 17.9. The number of rotatable bonds is 15. The van der Waals surface area contributed by atoms with Crippen molar-refractivity contribution < 1.29 is 9.72 Å². The predicted molar refractivity (Wildman–Crippen MR) is 111 cm³/mol. The van der Waals surface area contributed by atoms with E-state index in [0.717, 1.165) is 19.6 Å². The van der Waals surface area contributed by atoms with Crippen molar-refractivity contribution in [1.29, 1.82) is 0 Å². The highest BCUT2D eigenvalue weighted by Gasteiger charge is 2.17. The highest BCUT2D eigenvalue weighted by molar-refractivity contribution is 5.76. The SMILES string of the molecule is CCCCCN(CCCCC)C[C@H](C)NC(=O)CCn1ncc([N+](=O)[O-])c1C. The van der Waals surface area contributed by atoms with Crippen molar-refractivity contribution in [2.24, 2.45) is 0 Å². The Morgan fingerprint density at radius 3 is 2.36 bits per heavy atom. The molecule has 160 valence electrons. The summed E-state index contributed by atoms with van der Waals surface area (Å²) in [6.45, 7) is 11.5. The second-order valence-electron chi connectivity index (χ2n) is 7.53. The van der Waals surface area contributed by atoms with E-state index in [1.165, 1.54) is 49.4 Å².